The number of fused-ring (bicyclic) bond motifs is 4. The number of phenols is 1. The number of nitrogens with zero attached hydrogens (tertiary/aromatic N) is 2. The number of carboxylic acids is 1. The minimum Gasteiger partial charge on any atom is -0.503 e. The molecule has 6 atom stereocenters. The molecule has 12 nitrogen and oxygen atoms in total. The number of carboxylic acid groups (broad SMARTS) is 1. The van der Waals surface area contributed by atoms with Crippen LogP contribution in [-0.2, 0) is 29.4 Å². The average Bonchev–Trinajstić information content (AvgIpc) is 3.50. The topological polar surface area (TPSA) is 163 Å². The summed E-state index contributed by atoms with van der Waals surface area (Å²) in [6, 6.07) is 14.5. The van der Waals surface area contributed by atoms with Crippen LogP contribution in [-0.4, -0.2) is 70.5 Å². The van der Waals surface area contributed by atoms with Crippen LogP contribution in [0, 0.1) is 23.7 Å². The number of aliphatic carboxylic acids is 1. The van der Waals surface area contributed by atoms with Gasteiger partial charge in [-0.1, -0.05) is 58.6 Å². The Balaban J connectivity index is 1.44. The number of benzene rings is 3. The van der Waals surface area contributed by atoms with E-state index < -0.39 is 64.6 Å². The van der Waals surface area contributed by atoms with E-state index in [4.69, 9.17) is 44.3 Å². The quantitative estimate of drug-likeness (QED) is 0.159. The summed E-state index contributed by atoms with van der Waals surface area (Å²) in [7, 11) is 2.87. The number of likely N-dealkylation sites (tertiary alicyclic amines) is 1. The Kier molecular flexibility index (Phi) is 9.58. The summed E-state index contributed by atoms with van der Waals surface area (Å²) >= 11 is 19.3. The first-order chi connectivity index (χ1) is 25.3. The van der Waals surface area contributed by atoms with Gasteiger partial charge in [0.2, 0.25) is 11.8 Å². The Morgan fingerprint density at radius 1 is 0.925 bits per heavy atom. The van der Waals surface area contributed by atoms with E-state index in [9.17, 15) is 29.4 Å². The minimum atomic E-state index is -1.65. The van der Waals surface area contributed by atoms with Gasteiger partial charge < -0.3 is 19.7 Å². The lowest BCUT2D eigenvalue weighted by Crippen LogP contribution is -2.53. The summed E-state index contributed by atoms with van der Waals surface area (Å²) in [5.41, 5.74) is 3.10. The molecule has 0 aromatic heterocycles. The minimum absolute atomic E-state index is 0.0254. The van der Waals surface area contributed by atoms with Crippen LogP contribution in [0.5, 0.6) is 17.2 Å². The summed E-state index contributed by atoms with van der Waals surface area (Å²) in [4.78, 5) is 70.5. The van der Waals surface area contributed by atoms with E-state index in [0.717, 1.165) is 9.91 Å². The summed E-state index contributed by atoms with van der Waals surface area (Å²) < 4.78 is 10.9. The van der Waals surface area contributed by atoms with Crippen molar-refractivity contribution in [2.75, 3.05) is 26.2 Å². The zero-order valence-electron chi connectivity index (χ0n) is 28.5. The summed E-state index contributed by atoms with van der Waals surface area (Å²) in [6.07, 6.45) is 1.95. The molecule has 2 aliphatic heterocycles. The molecule has 3 aromatic carbocycles. The van der Waals surface area contributed by atoms with Crippen molar-refractivity contribution in [1.29, 1.82) is 0 Å². The number of hydrazine groups is 1. The maximum Gasteiger partial charge on any atom is 0.303 e. The number of phenolic OH excluding ortho intramolecular Hbond substituents is 1. The molecule has 2 saturated heterocycles. The fourth-order valence-corrected chi connectivity index (χ4v) is 9.48. The number of ether oxygens (including phenoxy) is 2. The molecule has 15 heteroatoms. The molecule has 0 radical (unpaired) electrons. The van der Waals surface area contributed by atoms with Gasteiger partial charge in [-0.2, -0.15) is 5.01 Å². The summed E-state index contributed by atoms with van der Waals surface area (Å²) in [5, 5.41) is 21.4. The molecule has 4 aliphatic rings. The molecule has 53 heavy (non-hydrogen) atoms. The highest BCUT2D eigenvalue weighted by Crippen LogP contribution is 2.64. The first-order valence-electron chi connectivity index (χ1n) is 16.9. The number of methoxy groups -OCH3 is 2. The molecule has 2 heterocycles. The van der Waals surface area contributed by atoms with Crippen LogP contribution in [0.25, 0.3) is 0 Å². The maximum absolute atomic E-state index is 15.4. The lowest BCUT2D eigenvalue weighted by atomic mass is 9.49. The first-order valence-corrected chi connectivity index (χ1v) is 18.0. The number of hydrogen-bond acceptors (Lipinski definition) is 9. The first kappa shape index (κ1) is 36.6. The molecular formula is C38H34Cl3N3O9. The number of nitrogens with one attached hydrogen (secondary N) is 1. The van der Waals surface area contributed by atoms with Crippen LogP contribution in [0.15, 0.2) is 66.2 Å². The predicted octanol–water partition coefficient (Wildman–Crippen LogP) is 6.22. The third kappa shape index (κ3) is 5.78. The normalized spacial score (nSPS) is 26.2. The van der Waals surface area contributed by atoms with Crippen LogP contribution in [0.2, 0.25) is 15.1 Å². The molecule has 0 bridgehead atoms. The second-order valence-electron chi connectivity index (χ2n) is 13.6. The van der Waals surface area contributed by atoms with E-state index in [2.05, 4.69) is 5.43 Å². The Bertz CT molecular complexity index is 2090. The van der Waals surface area contributed by atoms with Gasteiger partial charge in [-0.05, 0) is 78.8 Å². The van der Waals surface area contributed by atoms with Gasteiger partial charge in [0, 0.05) is 23.9 Å². The van der Waals surface area contributed by atoms with Crippen LogP contribution in [0.4, 0.5) is 5.69 Å². The lowest BCUT2D eigenvalue weighted by molar-refractivity contribution is -0.142. The van der Waals surface area contributed by atoms with Gasteiger partial charge in [-0.15, -0.1) is 0 Å². The second kappa shape index (κ2) is 13.9. The van der Waals surface area contributed by atoms with E-state index in [1.165, 1.54) is 26.4 Å². The second-order valence-corrected chi connectivity index (χ2v) is 14.8. The molecule has 276 valence electrons. The van der Waals surface area contributed by atoms with E-state index in [-0.39, 0.29) is 59.5 Å². The van der Waals surface area contributed by atoms with Gasteiger partial charge in [-0.3, -0.25) is 34.3 Å². The molecule has 0 spiro atoms. The number of rotatable bonds is 10. The number of carbonyl (C=O) groups is 5. The Hall–Kier alpha value is -4.78. The van der Waals surface area contributed by atoms with Crippen LogP contribution in [0.1, 0.15) is 42.7 Å². The number of amides is 4. The number of hydrogen-bond donors (Lipinski definition) is 3. The number of imide groups is 2. The molecular weight excluding hydrogens is 749 g/mol. The third-order valence-electron chi connectivity index (χ3n) is 11.0. The third-order valence-corrected chi connectivity index (χ3v) is 11.9. The SMILES string of the molecule is COc1ccc(C23C(=O)N(Nc4ccc(Cl)cc4Cl)C(=O)C2CC2C(=CCC4C(=O)N(CCCC(=O)O)C(=O)C42)C3c2cc(Cl)c(O)c(OC)c2)cc1. The molecule has 3 fully saturated rings. The summed E-state index contributed by atoms with van der Waals surface area (Å²) in [5.74, 6) is -7.18. The van der Waals surface area contributed by atoms with Crippen LogP contribution < -0.4 is 14.9 Å². The lowest BCUT2D eigenvalue weighted by Gasteiger charge is -2.50. The summed E-state index contributed by atoms with van der Waals surface area (Å²) in [6.45, 7) is -0.0522. The van der Waals surface area contributed by atoms with Crippen molar-refractivity contribution < 1.29 is 43.7 Å². The maximum atomic E-state index is 15.4. The van der Waals surface area contributed by atoms with Gasteiger partial charge in [0.05, 0.1) is 53.1 Å². The average molecular weight is 783 g/mol. The number of halogens is 3. The monoisotopic (exact) mass is 781 g/mol. The van der Waals surface area contributed by atoms with Gasteiger partial charge in [0.1, 0.15) is 5.75 Å². The Labute approximate surface area is 319 Å². The fraction of sp³-hybridized carbons (Fsp3) is 0.342. The highest BCUT2D eigenvalue weighted by atomic mass is 35.5. The fourth-order valence-electron chi connectivity index (χ4n) is 8.81. The number of aromatic hydroxyl groups is 1. The molecule has 3 N–H and O–H groups in total. The van der Waals surface area contributed by atoms with Crippen molar-refractivity contribution in [1.82, 2.24) is 9.91 Å². The van der Waals surface area contributed by atoms with E-state index in [1.54, 1.807) is 42.5 Å². The molecule has 2 aliphatic carbocycles. The van der Waals surface area contributed by atoms with E-state index in [0.29, 0.717) is 27.5 Å². The zero-order chi connectivity index (χ0) is 37.9. The number of carbonyl (C=O) groups excluding carboxylic acids is 4. The zero-order valence-corrected chi connectivity index (χ0v) is 30.7. The number of anilines is 1. The van der Waals surface area contributed by atoms with Crippen LogP contribution in [0.3, 0.4) is 0 Å². The predicted molar refractivity (Wildman–Crippen MR) is 194 cm³/mol. The van der Waals surface area contributed by atoms with Crippen molar-refractivity contribution >= 4 is 70.1 Å². The Morgan fingerprint density at radius 2 is 1.66 bits per heavy atom. The van der Waals surface area contributed by atoms with E-state index >= 15 is 4.79 Å². The van der Waals surface area contributed by atoms with Crippen molar-refractivity contribution in [3.63, 3.8) is 0 Å². The van der Waals surface area contributed by atoms with Crippen molar-refractivity contribution in [3.05, 3.63) is 92.4 Å². The Morgan fingerprint density at radius 3 is 2.32 bits per heavy atom. The van der Waals surface area contributed by atoms with Gasteiger partial charge >= 0.3 is 5.97 Å². The highest BCUT2D eigenvalue weighted by molar-refractivity contribution is 6.36. The molecule has 1 saturated carbocycles. The molecule has 4 amide bonds. The molecule has 3 aromatic rings. The smallest absolute Gasteiger partial charge is 0.303 e. The van der Waals surface area contributed by atoms with Gasteiger partial charge in [0.15, 0.2) is 11.5 Å². The standard InChI is InChI=1S/C38H34Cl3N3O9/c1-52-21-8-5-19(6-9-21)38-25(35(49)44(37(38)51)42-28-12-7-20(39)16-26(28)40)17-24-22(32(38)18-14-27(41)33(47)29(15-18)53-2)10-11-23-31(24)36(50)43(34(23)48)13-3-4-30(45)46/h5-10,12,14-16,23-25,31-32,42,47H,3-4,11,13,17H2,1-2H3,(H,45,46). The number of allylic oxidation sites excluding steroid dienone is 2. The highest BCUT2D eigenvalue weighted by Gasteiger charge is 2.70. The van der Waals surface area contributed by atoms with Gasteiger partial charge in [-0.25, -0.2) is 0 Å². The molecule has 7 rings (SSSR count). The van der Waals surface area contributed by atoms with Gasteiger partial charge in [0.25, 0.3) is 11.8 Å². The largest absolute Gasteiger partial charge is 0.503 e. The van der Waals surface area contributed by atoms with Crippen molar-refractivity contribution in [2.45, 2.75) is 37.0 Å². The van der Waals surface area contributed by atoms with Crippen molar-refractivity contribution in [2.24, 2.45) is 23.7 Å². The van der Waals surface area contributed by atoms with E-state index in [1.807, 2.05) is 6.08 Å². The van der Waals surface area contributed by atoms with Crippen LogP contribution >= 0.6 is 34.8 Å². The molecule has 6 unspecified atom stereocenters. The van der Waals surface area contributed by atoms with Crippen molar-refractivity contribution in [3.8, 4) is 17.2 Å².